The van der Waals surface area contributed by atoms with E-state index in [0.29, 0.717) is 17.7 Å². The number of nitrogens with one attached hydrogen (secondary N) is 1. The second-order valence-electron chi connectivity index (χ2n) is 5.11. The minimum absolute atomic E-state index is 0.164. The maximum atomic E-state index is 10.9. The van der Waals surface area contributed by atoms with Crippen LogP contribution in [0.25, 0.3) is 0 Å². The van der Waals surface area contributed by atoms with E-state index < -0.39 is 5.97 Å². The summed E-state index contributed by atoms with van der Waals surface area (Å²) in [4.78, 5) is 19.2. The van der Waals surface area contributed by atoms with E-state index in [1.54, 1.807) is 6.92 Å². The Morgan fingerprint density at radius 3 is 2.89 bits per heavy atom. The fraction of sp³-hybridized carbons (Fsp3) is 0.615. The maximum Gasteiger partial charge on any atom is 0.339 e. The molecule has 1 aromatic heterocycles. The number of carboxylic acids is 1. The highest BCUT2D eigenvalue weighted by Crippen LogP contribution is 2.25. The Balaban J connectivity index is 2.05. The molecule has 2 unspecified atom stereocenters. The average molecular weight is 249 g/mol. The smallest absolute Gasteiger partial charge is 0.339 e. The summed E-state index contributed by atoms with van der Waals surface area (Å²) in [6, 6.07) is 0.406. The van der Waals surface area contributed by atoms with Crippen molar-refractivity contribution in [3.63, 3.8) is 0 Å². The molecule has 98 valence electrons. The molecule has 2 N–H and O–H groups in total. The van der Waals surface area contributed by atoms with Crippen molar-refractivity contribution in [2.75, 3.05) is 5.32 Å². The Bertz CT molecular complexity index is 448. The average Bonchev–Trinajstić information content (AvgIpc) is 2.28. The number of hydrogen-bond acceptors (Lipinski definition) is 4. The molecule has 5 nitrogen and oxygen atoms in total. The molecule has 0 saturated heterocycles. The predicted octanol–water partition coefficient (Wildman–Crippen LogP) is 2.47. The van der Waals surface area contributed by atoms with Crippen molar-refractivity contribution in [3.05, 3.63) is 17.5 Å². The van der Waals surface area contributed by atoms with Crippen LogP contribution < -0.4 is 5.32 Å². The van der Waals surface area contributed by atoms with Crippen molar-refractivity contribution in [1.29, 1.82) is 0 Å². The van der Waals surface area contributed by atoms with Crippen LogP contribution in [-0.4, -0.2) is 27.1 Å². The summed E-state index contributed by atoms with van der Waals surface area (Å²) >= 11 is 0. The van der Waals surface area contributed by atoms with Crippen LogP contribution in [0.3, 0.4) is 0 Å². The fourth-order valence-electron chi connectivity index (χ4n) is 2.49. The minimum Gasteiger partial charge on any atom is -0.478 e. The first-order valence-corrected chi connectivity index (χ1v) is 6.39. The third-order valence-electron chi connectivity index (χ3n) is 3.48. The lowest BCUT2D eigenvalue weighted by Gasteiger charge is -2.27. The third-order valence-corrected chi connectivity index (χ3v) is 3.48. The molecule has 1 aromatic rings. The minimum atomic E-state index is -0.981. The van der Waals surface area contributed by atoms with Gasteiger partial charge in [-0.15, -0.1) is 0 Å². The highest BCUT2D eigenvalue weighted by atomic mass is 16.4. The van der Waals surface area contributed by atoms with Crippen molar-refractivity contribution in [2.24, 2.45) is 5.92 Å². The van der Waals surface area contributed by atoms with E-state index in [9.17, 15) is 4.79 Å². The molecule has 18 heavy (non-hydrogen) atoms. The van der Waals surface area contributed by atoms with Crippen molar-refractivity contribution in [3.8, 4) is 0 Å². The van der Waals surface area contributed by atoms with Crippen molar-refractivity contribution in [2.45, 2.75) is 45.6 Å². The molecule has 2 rings (SSSR count). The van der Waals surface area contributed by atoms with Crippen LogP contribution in [-0.2, 0) is 0 Å². The standard InChI is InChI=1S/C13H19N3O2/c1-8-4-3-5-10(6-8)16-13-14-7-11(12(17)18)9(2)15-13/h7-8,10H,3-6H2,1-2H3,(H,17,18)(H,14,15,16). The Hall–Kier alpha value is -1.65. The van der Waals surface area contributed by atoms with Crippen LogP contribution in [0, 0.1) is 12.8 Å². The number of carboxylic acid groups (broad SMARTS) is 1. The van der Waals surface area contributed by atoms with Gasteiger partial charge in [0, 0.05) is 12.2 Å². The summed E-state index contributed by atoms with van der Waals surface area (Å²) in [5, 5.41) is 12.2. The molecule has 1 fully saturated rings. The van der Waals surface area contributed by atoms with Gasteiger partial charge in [0.05, 0.1) is 11.3 Å². The van der Waals surface area contributed by atoms with Gasteiger partial charge < -0.3 is 10.4 Å². The maximum absolute atomic E-state index is 10.9. The van der Waals surface area contributed by atoms with E-state index in [1.165, 1.54) is 19.0 Å². The molecule has 0 bridgehead atoms. The van der Waals surface area contributed by atoms with E-state index in [2.05, 4.69) is 22.2 Å². The fourth-order valence-corrected chi connectivity index (χ4v) is 2.49. The molecule has 1 heterocycles. The summed E-state index contributed by atoms with van der Waals surface area (Å²) in [6.45, 7) is 3.95. The first-order valence-electron chi connectivity index (χ1n) is 6.39. The molecule has 0 spiro atoms. The molecular formula is C13H19N3O2. The van der Waals surface area contributed by atoms with Crippen molar-refractivity contribution >= 4 is 11.9 Å². The first kappa shape index (κ1) is 12.8. The van der Waals surface area contributed by atoms with Gasteiger partial charge in [-0.05, 0) is 25.7 Å². The second-order valence-corrected chi connectivity index (χ2v) is 5.11. The van der Waals surface area contributed by atoms with Gasteiger partial charge in [0.15, 0.2) is 0 Å². The highest BCUT2D eigenvalue weighted by Gasteiger charge is 2.19. The van der Waals surface area contributed by atoms with Crippen LogP contribution in [0.5, 0.6) is 0 Å². The van der Waals surface area contributed by atoms with E-state index in [-0.39, 0.29) is 5.56 Å². The Morgan fingerprint density at radius 1 is 1.50 bits per heavy atom. The largest absolute Gasteiger partial charge is 0.478 e. The number of hydrogen-bond donors (Lipinski definition) is 2. The number of nitrogens with zero attached hydrogens (tertiary/aromatic N) is 2. The quantitative estimate of drug-likeness (QED) is 0.860. The molecule has 1 aliphatic carbocycles. The van der Waals surface area contributed by atoms with Crippen molar-refractivity contribution < 1.29 is 9.90 Å². The third kappa shape index (κ3) is 2.97. The molecule has 2 atom stereocenters. The van der Waals surface area contributed by atoms with Gasteiger partial charge in [0.1, 0.15) is 0 Å². The number of aromatic carboxylic acids is 1. The zero-order valence-electron chi connectivity index (χ0n) is 10.8. The summed E-state index contributed by atoms with van der Waals surface area (Å²) < 4.78 is 0. The summed E-state index contributed by atoms with van der Waals surface area (Å²) in [7, 11) is 0. The Labute approximate surface area is 107 Å². The zero-order valence-corrected chi connectivity index (χ0v) is 10.8. The number of anilines is 1. The number of aromatic nitrogens is 2. The van der Waals surface area contributed by atoms with Crippen molar-refractivity contribution in [1.82, 2.24) is 9.97 Å². The molecular weight excluding hydrogens is 230 g/mol. The van der Waals surface area contributed by atoms with E-state index in [4.69, 9.17) is 5.11 Å². The second kappa shape index (κ2) is 5.33. The number of aryl methyl sites for hydroxylation is 1. The van der Waals surface area contributed by atoms with E-state index in [1.807, 2.05) is 0 Å². The first-order chi connectivity index (χ1) is 8.56. The molecule has 1 aliphatic rings. The molecule has 0 aliphatic heterocycles. The van der Waals surface area contributed by atoms with Gasteiger partial charge >= 0.3 is 5.97 Å². The highest BCUT2D eigenvalue weighted by molar-refractivity contribution is 5.88. The molecule has 0 amide bonds. The van der Waals surface area contributed by atoms with Crippen LogP contribution in [0.1, 0.15) is 48.7 Å². The SMILES string of the molecule is Cc1nc(NC2CCCC(C)C2)ncc1C(=O)O. The Morgan fingerprint density at radius 2 is 2.28 bits per heavy atom. The van der Waals surface area contributed by atoms with Crippen LogP contribution in [0.4, 0.5) is 5.95 Å². The Kier molecular flexibility index (Phi) is 3.79. The van der Waals surface area contributed by atoms with Gasteiger partial charge in [-0.25, -0.2) is 14.8 Å². The lowest BCUT2D eigenvalue weighted by Crippen LogP contribution is -2.27. The van der Waals surface area contributed by atoms with Gasteiger partial charge in [-0.3, -0.25) is 0 Å². The van der Waals surface area contributed by atoms with E-state index in [0.717, 1.165) is 18.8 Å². The summed E-state index contributed by atoms with van der Waals surface area (Å²) in [6.07, 6.45) is 6.15. The lowest BCUT2D eigenvalue weighted by atomic mass is 9.87. The number of rotatable bonds is 3. The van der Waals surface area contributed by atoms with Gasteiger partial charge in [0.2, 0.25) is 5.95 Å². The predicted molar refractivity (Wildman–Crippen MR) is 68.8 cm³/mol. The normalized spacial score (nSPS) is 23.7. The van der Waals surface area contributed by atoms with Crippen LogP contribution >= 0.6 is 0 Å². The molecule has 0 aromatic carbocycles. The van der Waals surface area contributed by atoms with E-state index >= 15 is 0 Å². The zero-order chi connectivity index (χ0) is 13.1. The lowest BCUT2D eigenvalue weighted by molar-refractivity contribution is 0.0695. The summed E-state index contributed by atoms with van der Waals surface area (Å²) in [5.74, 6) is 0.289. The number of carbonyl (C=O) groups is 1. The molecule has 0 radical (unpaired) electrons. The summed E-state index contributed by atoms with van der Waals surface area (Å²) in [5.41, 5.74) is 0.668. The van der Waals surface area contributed by atoms with Gasteiger partial charge in [0.25, 0.3) is 0 Å². The van der Waals surface area contributed by atoms with Gasteiger partial charge in [-0.2, -0.15) is 0 Å². The van der Waals surface area contributed by atoms with Gasteiger partial charge in [-0.1, -0.05) is 19.8 Å². The van der Waals surface area contributed by atoms with Crippen LogP contribution in [0.15, 0.2) is 6.20 Å². The topological polar surface area (TPSA) is 75.1 Å². The monoisotopic (exact) mass is 249 g/mol. The molecule has 5 heteroatoms. The van der Waals surface area contributed by atoms with Crippen LogP contribution in [0.2, 0.25) is 0 Å². The molecule has 1 saturated carbocycles.